The maximum Gasteiger partial charge on any atom is 0.179 e. The zero-order chi connectivity index (χ0) is 15.1. The van der Waals surface area contributed by atoms with Gasteiger partial charge in [0.1, 0.15) is 5.52 Å². The van der Waals surface area contributed by atoms with Crippen LogP contribution in [-0.2, 0) is 13.1 Å². The van der Waals surface area contributed by atoms with E-state index in [9.17, 15) is 8.78 Å². The molecule has 0 aliphatic carbocycles. The summed E-state index contributed by atoms with van der Waals surface area (Å²) < 4.78 is 30.6. The minimum atomic E-state index is -0.856. The number of fused-ring (bicyclic) bond motifs is 1. The van der Waals surface area contributed by atoms with Gasteiger partial charge in [0, 0.05) is 6.54 Å². The number of benzene rings is 1. The fourth-order valence-electron chi connectivity index (χ4n) is 2.45. The summed E-state index contributed by atoms with van der Waals surface area (Å²) in [6.45, 7) is 4.96. The van der Waals surface area contributed by atoms with Gasteiger partial charge >= 0.3 is 0 Å². The fourth-order valence-corrected chi connectivity index (χ4v) is 2.70. The van der Waals surface area contributed by atoms with Crippen molar-refractivity contribution < 1.29 is 8.78 Å². The van der Waals surface area contributed by atoms with Crippen molar-refractivity contribution in [2.24, 2.45) is 0 Å². The van der Waals surface area contributed by atoms with E-state index < -0.39 is 11.6 Å². The number of aromatic nitrogens is 4. The topological polar surface area (TPSA) is 38.5 Å². The number of aryl methyl sites for hydroxylation is 2. The van der Waals surface area contributed by atoms with E-state index in [-0.39, 0.29) is 0 Å². The Hall–Kier alpha value is -2.02. The molecule has 2 heterocycles. The minimum Gasteiger partial charge on any atom is -0.328 e. The minimum absolute atomic E-state index is 0.362. The van der Waals surface area contributed by atoms with E-state index in [4.69, 9.17) is 12.2 Å². The summed E-state index contributed by atoms with van der Waals surface area (Å²) in [4.78, 5) is 3.12. The van der Waals surface area contributed by atoms with Crippen molar-refractivity contribution in [2.45, 2.75) is 26.9 Å². The van der Waals surface area contributed by atoms with Crippen molar-refractivity contribution >= 4 is 23.4 Å². The highest BCUT2D eigenvalue weighted by molar-refractivity contribution is 7.71. The number of nitrogens with one attached hydrogen (secondary N) is 1. The lowest BCUT2D eigenvalue weighted by Gasteiger charge is -2.07. The lowest BCUT2D eigenvalue weighted by molar-refractivity contribution is 0.506. The fraction of sp³-hybridized carbons (Fsp3) is 0.286. The van der Waals surface area contributed by atoms with E-state index in [0.29, 0.717) is 23.4 Å². The molecular formula is C14H14F2N4S. The van der Waals surface area contributed by atoms with E-state index in [2.05, 4.69) is 10.1 Å². The molecule has 2 aromatic heterocycles. The van der Waals surface area contributed by atoms with Crippen molar-refractivity contribution in [3.05, 3.63) is 45.9 Å². The molecule has 4 nitrogen and oxygen atoms in total. The summed E-state index contributed by atoms with van der Waals surface area (Å²) in [5.74, 6) is -1.71. The van der Waals surface area contributed by atoms with Crippen molar-refractivity contribution in [3.8, 4) is 0 Å². The van der Waals surface area contributed by atoms with E-state index in [1.165, 1.54) is 6.07 Å². The smallest absolute Gasteiger partial charge is 0.179 e. The molecule has 0 bridgehead atoms. The average molecular weight is 308 g/mol. The van der Waals surface area contributed by atoms with Crippen LogP contribution in [0.4, 0.5) is 8.78 Å². The Labute approximate surface area is 125 Å². The Morgan fingerprint density at radius 2 is 2.05 bits per heavy atom. The van der Waals surface area contributed by atoms with E-state index in [1.807, 2.05) is 23.1 Å². The molecule has 110 valence electrons. The Balaban J connectivity index is 2.13. The Morgan fingerprint density at radius 3 is 2.71 bits per heavy atom. The molecule has 0 saturated heterocycles. The first kappa shape index (κ1) is 13.9. The second kappa shape index (κ2) is 5.07. The van der Waals surface area contributed by atoms with E-state index in [0.717, 1.165) is 22.9 Å². The van der Waals surface area contributed by atoms with Crippen molar-refractivity contribution in [2.75, 3.05) is 0 Å². The third kappa shape index (κ3) is 2.27. The van der Waals surface area contributed by atoms with E-state index in [1.54, 1.807) is 6.07 Å². The highest BCUT2D eigenvalue weighted by atomic mass is 32.1. The monoisotopic (exact) mass is 308 g/mol. The van der Waals surface area contributed by atoms with Crippen molar-refractivity contribution in [3.63, 3.8) is 0 Å². The molecule has 7 heteroatoms. The van der Waals surface area contributed by atoms with Crippen LogP contribution < -0.4 is 0 Å². The van der Waals surface area contributed by atoms with Gasteiger partial charge in [-0.25, -0.2) is 13.5 Å². The SMILES string of the molecule is CCn1nc(C)c2[nH]c(=S)n(Cc3ccc(F)c(F)c3)c21. The number of H-pyrrole nitrogens is 1. The van der Waals surface area contributed by atoms with Crippen LogP contribution >= 0.6 is 12.2 Å². The number of imidazole rings is 1. The lowest BCUT2D eigenvalue weighted by Crippen LogP contribution is -2.06. The molecule has 0 aliphatic rings. The molecule has 0 radical (unpaired) electrons. The summed E-state index contributed by atoms with van der Waals surface area (Å²) in [5, 5.41) is 4.43. The first-order chi connectivity index (χ1) is 10.0. The molecule has 0 fully saturated rings. The third-order valence-electron chi connectivity index (χ3n) is 3.46. The maximum atomic E-state index is 13.3. The van der Waals surface area contributed by atoms with Gasteiger partial charge in [0.15, 0.2) is 22.1 Å². The largest absolute Gasteiger partial charge is 0.328 e. The summed E-state index contributed by atoms with van der Waals surface area (Å²) in [6.07, 6.45) is 0. The van der Waals surface area contributed by atoms with Gasteiger partial charge in [-0.15, -0.1) is 0 Å². The number of rotatable bonds is 3. The standard InChI is InChI=1S/C14H14F2N4S/c1-3-20-13-12(8(2)18-20)17-14(21)19(13)7-9-4-5-10(15)11(16)6-9/h4-6H,3,7H2,1-2H3,(H,17,21). The second-order valence-electron chi connectivity index (χ2n) is 4.86. The molecule has 0 unspecified atom stereocenters. The van der Waals surface area contributed by atoms with Gasteiger partial charge in [-0.3, -0.25) is 4.57 Å². The summed E-state index contributed by atoms with van der Waals surface area (Å²) in [5.41, 5.74) is 3.25. The van der Waals surface area contributed by atoms with Gasteiger partial charge in [0.2, 0.25) is 0 Å². The molecule has 1 aromatic carbocycles. The lowest BCUT2D eigenvalue weighted by atomic mass is 10.2. The van der Waals surface area contributed by atoms with Crippen LogP contribution in [0.1, 0.15) is 18.2 Å². The molecule has 1 N–H and O–H groups in total. The molecule has 0 amide bonds. The molecule has 0 aliphatic heterocycles. The summed E-state index contributed by atoms with van der Waals surface area (Å²) in [7, 11) is 0. The number of hydrogen-bond acceptors (Lipinski definition) is 2. The van der Waals surface area contributed by atoms with Crippen LogP contribution in [0.3, 0.4) is 0 Å². The molecule has 0 spiro atoms. The highest BCUT2D eigenvalue weighted by Crippen LogP contribution is 2.20. The zero-order valence-electron chi connectivity index (χ0n) is 11.7. The number of aromatic amines is 1. The van der Waals surface area contributed by atoms with Gasteiger partial charge in [-0.1, -0.05) is 6.07 Å². The molecule has 21 heavy (non-hydrogen) atoms. The average Bonchev–Trinajstić information content (AvgIpc) is 2.93. The van der Waals surface area contributed by atoms with Crippen LogP contribution in [0, 0.1) is 23.3 Å². The molecule has 0 saturated carbocycles. The predicted octanol–water partition coefficient (Wildman–Crippen LogP) is 3.55. The quantitative estimate of drug-likeness (QED) is 0.752. The molecular weight excluding hydrogens is 294 g/mol. The van der Waals surface area contributed by atoms with Gasteiger partial charge in [-0.05, 0) is 43.8 Å². The molecule has 0 atom stereocenters. The summed E-state index contributed by atoms with van der Waals surface area (Å²) in [6, 6.07) is 3.87. The first-order valence-corrected chi connectivity index (χ1v) is 7.02. The van der Waals surface area contributed by atoms with Crippen molar-refractivity contribution in [1.82, 2.24) is 19.3 Å². The van der Waals surface area contributed by atoms with Gasteiger partial charge < -0.3 is 4.98 Å². The van der Waals surface area contributed by atoms with Crippen LogP contribution in [0.2, 0.25) is 0 Å². The Bertz CT molecular complexity index is 875. The predicted molar refractivity (Wildman–Crippen MR) is 78.8 cm³/mol. The Kier molecular flexibility index (Phi) is 3.36. The number of hydrogen-bond donors (Lipinski definition) is 1. The normalized spacial score (nSPS) is 11.4. The maximum absolute atomic E-state index is 13.3. The van der Waals surface area contributed by atoms with Crippen LogP contribution in [0.25, 0.3) is 11.2 Å². The molecule has 3 aromatic rings. The van der Waals surface area contributed by atoms with Gasteiger partial charge in [-0.2, -0.15) is 5.10 Å². The summed E-state index contributed by atoms with van der Waals surface area (Å²) >= 11 is 5.33. The van der Waals surface area contributed by atoms with Crippen molar-refractivity contribution in [1.29, 1.82) is 0 Å². The zero-order valence-corrected chi connectivity index (χ0v) is 12.5. The third-order valence-corrected chi connectivity index (χ3v) is 3.78. The number of nitrogens with zero attached hydrogens (tertiary/aromatic N) is 3. The van der Waals surface area contributed by atoms with Crippen LogP contribution in [0.5, 0.6) is 0 Å². The van der Waals surface area contributed by atoms with E-state index >= 15 is 0 Å². The first-order valence-electron chi connectivity index (χ1n) is 6.61. The Morgan fingerprint density at radius 1 is 1.29 bits per heavy atom. The molecule has 3 rings (SSSR count). The van der Waals surface area contributed by atoms with Gasteiger partial charge in [0.05, 0.1) is 12.2 Å². The second-order valence-corrected chi connectivity index (χ2v) is 5.25. The number of halogens is 2. The van der Waals surface area contributed by atoms with Crippen LogP contribution in [-0.4, -0.2) is 19.3 Å². The highest BCUT2D eigenvalue weighted by Gasteiger charge is 2.14. The van der Waals surface area contributed by atoms with Crippen LogP contribution in [0.15, 0.2) is 18.2 Å². The van der Waals surface area contributed by atoms with Gasteiger partial charge in [0.25, 0.3) is 0 Å².